The number of hydrogen-bond donors (Lipinski definition) is 0. The van der Waals surface area contributed by atoms with Crippen LogP contribution >= 0.6 is 0 Å². The maximum Gasteiger partial charge on any atom is 0.252 e. The largest absolute Gasteiger partial charge is 0.358 e. The first kappa shape index (κ1) is 19.1. The molecule has 3 heteroatoms. The fourth-order valence-corrected chi connectivity index (χ4v) is 3.77. The molecule has 0 aromatic heterocycles. The minimum absolute atomic E-state index is 0.00250. The van der Waals surface area contributed by atoms with Gasteiger partial charge in [0.1, 0.15) is 12.2 Å². The molecule has 0 radical (unpaired) electrons. The number of carbonyl (C=O) groups is 1. The summed E-state index contributed by atoms with van der Waals surface area (Å²) >= 11 is 0. The van der Waals surface area contributed by atoms with Gasteiger partial charge in [0.25, 0.3) is 5.91 Å². The summed E-state index contributed by atoms with van der Waals surface area (Å²) in [5.74, 6) is -0.00250. The number of rotatable bonds is 6. The van der Waals surface area contributed by atoms with Gasteiger partial charge in [-0.25, -0.2) is 0 Å². The van der Waals surface area contributed by atoms with Crippen LogP contribution in [0.5, 0.6) is 0 Å². The van der Waals surface area contributed by atoms with Crippen LogP contribution in [0.3, 0.4) is 0 Å². The second-order valence-electron chi connectivity index (χ2n) is 6.92. The van der Waals surface area contributed by atoms with E-state index in [1.54, 1.807) is 12.2 Å². The lowest BCUT2D eigenvalue weighted by Gasteiger charge is -2.44. The van der Waals surface area contributed by atoms with Crippen molar-refractivity contribution in [1.29, 1.82) is 0 Å². The predicted octanol–water partition coefficient (Wildman–Crippen LogP) is 4.40. The van der Waals surface area contributed by atoms with Crippen LogP contribution in [0, 0.1) is 0 Å². The van der Waals surface area contributed by atoms with Crippen molar-refractivity contribution in [3.05, 3.63) is 96.7 Å². The fourth-order valence-electron chi connectivity index (χ4n) is 3.77. The van der Waals surface area contributed by atoms with Crippen molar-refractivity contribution in [3.63, 3.8) is 0 Å². The summed E-state index contributed by atoms with van der Waals surface area (Å²) in [7, 11) is 1.86. The number of morpholine rings is 1. The quantitative estimate of drug-likeness (QED) is 0.703. The van der Waals surface area contributed by atoms with Gasteiger partial charge in [-0.2, -0.15) is 0 Å². The second kappa shape index (κ2) is 8.83. The molecule has 1 amide bonds. The van der Waals surface area contributed by atoms with E-state index >= 15 is 0 Å². The topological polar surface area (TPSA) is 29.5 Å². The minimum Gasteiger partial charge on any atom is -0.358 e. The molecule has 1 aromatic rings. The zero-order chi connectivity index (χ0) is 19.2. The van der Waals surface area contributed by atoms with Crippen LogP contribution in [0.25, 0.3) is 0 Å². The first-order valence-corrected chi connectivity index (χ1v) is 9.43. The maximum atomic E-state index is 13.1. The summed E-state index contributed by atoms with van der Waals surface area (Å²) in [6, 6.07) is 9.80. The van der Waals surface area contributed by atoms with Gasteiger partial charge in [-0.15, -0.1) is 0 Å². The zero-order valence-electron chi connectivity index (χ0n) is 15.9. The third-order valence-electron chi connectivity index (χ3n) is 5.14. The lowest BCUT2D eigenvalue weighted by atomic mass is 9.88. The van der Waals surface area contributed by atoms with Crippen LogP contribution in [0.15, 0.2) is 91.1 Å². The Morgan fingerprint density at radius 3 is 2.67 bits per heavy atom. The highest BCUT2D eigenvalue weighted by atomic mass is 16.5. The SMILES string of the molecule is C=CC=C(C=C)C1C(C2=CCCC=C2)OC(Cc2ccccc2)C(=O)N1C. The first-order chi connectivity index (χ1) is 13.2. The van der Waals surface area contributed by atoms with E-state index in [-0.39, 0.29) is 18.1 Å². The van der Waals surface area contributed by atoms with Crippen molar-refractivity contribution in [3.8, 4) is 0 Å². The molecule has 1 aliphatic heterocycles. The van der Waals surface area contributed by atoms with Crippen molar-refractivity contribution in [1.82, 2.24) is 4.90 Å². The molecule has 3 rings (SSSR count). The summed E-state index contributed by atoms with van der Waals surface area (Å²) in [5.41, 5.74) is 3.16. The van der Waals surface area contributed by atoms with Gasteiger partial charge in [-0.1, -0.05) is 79.9 Å². The lowest BCUT2D eigenvalue weighted by molar-refractivity contribution is -0.162. The van der Waals surface area contributed by atoms with Crippen molar-refractivity contribution in [2.75, 3.05) is 7.05 Å². The lowest BCUT2D eigenvalue weighted by Crippen LogP contribution is -2.58. The van der Waals surface area contributed by atoms with Crippen molar-refractivity contribution < 1.29 is 9.53 Å². The molecule has 2 aliphatic rings. The third-order valence-corrected chi connectivity index (χ3v) is 5.14. The molecule has 0 saturated carbocycles. The fraction of sp³-hybridized carbons (Fsp3) is 0.292. The summed E-state index contributed by atoms with van der Waals surface area (Å²) in [6.45, 7) is 7.73. The van der Waals surface area contributed by atoms with E-state index in [0.29, 0.717) is 6.42 Å². The number of likely N-dealkylation sites (N-methyl/N-ethyl adjacent to an activating group) is 1. The minimum atomic E-state index is -0.496. The van der Waals surface area contributed by atoms with E-state index in [2.05, 4.69) is 31.4 Å². The molecule has 1 heterocycles. The Bertz CT molecular complexity index is 788. The number of amides is 1. The van der Waals surface area contributed by atoms with Gasteiger partial charge in [0.05, 0.1) is 6.04 Å². The molecule has 1 saturated heterocycles. The highest BCUT2D eigenvalue weighted by Crippen LogP contribution is 2.32. The predicted molar refractivity (Wildman–Crippen MR) is 110 cm³/mol. The zero-order valence-corrected chi connectivity index (χ0v) is 15.9. The standard InChI is InChI=1S/C24H27NO2/c1-4-12-19(5-2)22-23(20-15-10-7-11-16-20)27-21(24(26)25(22)3)17-18-13-8-6-9-14-18/h4-6,8-10,12-16,21-23H,1-2,7,11,17H2,3H3. The number of carbonyl (C=O) groups excluding carboxylic acids is 1. The van der Waals surface area contributed by atoms with Gasteiger partial charge in [-0.3, -0.25) is 4.79 Å². The average molecular weight is 361 g/mol. The Morgan fingerprint density at radius 2 is 2.04 bits per heavy atom. The Morgan fingerprint density at radius 1 is 1.26 bits per heavy atom. The van der Waals surface area contributed by atoms with Crippen LogP contribution in [-0.4, -0.2) is 36.1 Å². The van der Waals surface area contributed by atoms with E-state index in [1.807, 2.05) is 48.4 Å². The van der Waals surface area contributed by atoms with E-state index in [0.717, 1.165) is 29.6 Å². The molecule has 0 N–H and O–H groups in total. The van der Waals surface area contributed by atoms with E-state index < -0.39 is 6.10 Å². The van der Waals surface area contributed by atoms with Gasteiger partial charge < -0.3 is 9.64 Å². The Labute approximate surface area is 162 Å². The van der Waals surface area contributed by atoms with Crippen molar-refractivity contribution in [2.24, 2.45) is 0 Å². The summed E-state index contributed by atoms with van der Waals surface area (Å²) in [4.78, 5) is 14.9. The number of ether oxygens (including phenoxy) is 1. The van der Waals surface area contributed by atoms with Gasteiger partial charge in [-0.05, 0) is 29.6 Å². The molecule has 1 aliphatic carbocycles. The van der Waals surface area contributed by atoms with Gasteiger partial charge in [0, 0.05) is 13.5 Å². The summed E-state index contributed by atoms with van der Waals surface area (Å²) in [6.07, 6.45) is 13.8. The molecule has 3 nitrogen and oxygen atoms in total. The molecule has 3 atom stereocenters. The number of nitrogens with zero attached hydrogens (tertiary/aromatic N) is 1. The van der Waals surface area contributed by atoms with Gasteiger partial charge in [0.15, 0.2) is 0 Å². The monoisotopic (exact) mass is 361 g/mol. The van der Waals surface area contributed by atoms with Crippen LogP contribution in [-0.2, 0) is 16.0 Å². The van der Waals surface area contributed by atoms with Crippen LogP contribution < -0.4 is 0 Å². The van der Waals surface area contributed by atoms with E-state index in [9.17, 15) is 4.79 Å². The van der Waals surface area contributed by atoms with Crippen LogP contribution in [0.4, 0.5) is 0 Å². The first-order valence-electron chi connectivity index (χ1n) is 9.43. The van der Waals surface area contributed by atoms with Crippen molar-refractivity contribution >= 4 is 5.91 Å². The molecule has 0 spiro atoms. The highest BCUT2D eigenvalue weighted by molar-refractivity contribution is 5.83. The van der Waals surface area contributed by atoms with E-state index in [1.165, 1.54) is 0 Å². The van der Waals surface area contributed by atoms with Gasteiger partial charge >= 0.3 is 0 Å². The average Bonchev–Trinajstić information content (AvgIpc) is 2.71. The molecule has 1 aromatic carbocycles. The van der Waals surface area contributed by atoms with Crippen LogP contribution in [0.1, 0.15) is 18.4 Å². The van der Waals surface area contributed by atoms with Gasteiger partial charge in [0.2, 0.25) is 0 Å². The second-order valence-corrected chi connectivity index (χ2v) is 6.92. The Kier molecular flexibility index (Phi) is 6.25. The smallest absolute Gasteiger partial charge is 0.252 e. The molecule has 0 bridgehead atoms. The third kappa shape index (κ3) is 4.20. The molecule has 140 valence electrons. The summed E-state index contributed by atoms with van der Waals surface area (Å²) < 4.78 is 6.42. The van der Waals surface area contributed by atoms with Crippen LogP contribution in [0.2, 0.25) is 0 Å². The normalized spacial score (nSPS) is 25.9. The Hall–Kier alpha value is -2.65. The molecule has 1 fully saturated rings. The highest BCUT2D eigenvalue weighted by Gasteiger charge is 2.42. The molecule has 27 heavy (non-hydrogen) atoms. The molecule has 3 unspecified atom stereocenters. The molecular weight excluding hydrogens is 334 g/mol. The van der Waals surface area contributed by atoms with E-state index in [4.69, 9.17) is 4.74 Å². The van der Waals surface area contributed by atoms with Crippen molar-refractivity contribution in [2.45, 2.75) is 37.5 Å². The summed E-state index contributed by atoms with van der Waals surface area (Å²) in [5, 5.41) is 0. The Balaban J connectivity index is 1.95. The maximum absolute atomic E-state index is 13.1. The number of allylic oxidation sites excluding steroid dienone is 4. The number of hydrogen-bond acceptors (Lipinski definition) is 2. The number of benzene rings is 1. The molecular formula is C24H27NO2.